The molecule has 6 heteroatoms. The number of carbonyl (C=O) groups is 1. The van der Waals surface area contributed by atoms with Crippen molar-refractivity contribution in [3.63, 3.8) is 0 Å². The third kappa shape index (κ3) is 1.82. The largest absolute Gasteiger partial charge is 0.462 e. The van der Waals surface area contributed by atoms with Crippen molar-refractivity contribution in [1.82, 2.24) is 14.6 Å². The fourth-order valence-corrected chi connectivity index (χ4v) is 1.60. The SMILES string of the molecule is CCOC(=O)c1c[nH]n2c(=O)c(CC)cnc12. The predicted octanol–water partition coefficient (Wildman–Crippen LogP) is 0.762. The van der Waals surface area contributed by atoms with Gasteiger partial charge in [-0.3, -0.25) is 9.89 Å². The van der Waals surface area contributed by atoms with Crippen LogP contribution >= 0.6 is 0 Å². The van der Waals surface area contributed by atoms with Crippen molar-refractivity contribution < 1.29 is 9.53 Å². The van der Waals surface area contributed by atoms with Crippen LogP contribution in [0.2, 0.25) is 0 Å². The first-order chi connectivity index (χ1) is 8.19. The number of hydrogen-bond donors (Lipinski definition) is 1. The number of nitrogens with zero attached hydrogens (tertiary/aromatic N) is 2. The van der Waals surface area contributed by atoms with Gasteiger partial charge >= 0.3 is 5.97 Å². The molecule has 0 aromatic carbocycles. The highest BCUT2D eigenvalue weighted by Gasteiger charge is 2.16. The Hall–Kier alpha value is -2.11. The fourth-order valence-electron chi connectivity index (χ4n) is 1.60. The summed E-state index contributed by atoms with van der Waals surface area (Å²) in [5.41, 5.74) is 0.977. The molecule has 0 aliphatic heterocycles. The van der Waals surface area contributed by atoms with Crippen molar-refractivity contribution in [1.29, 1.82) is 0 Å². The molecule has 0 aliphatic carbocycles. The summed E-state index contributed by atoms with van der Waals surface area (Å²) < 4.78 is 6.13. The zero-order chi connectivity index (χ0) is 12.4. The number of H-pyrrole nitrogens is 1. The molecule has 90 valence electrons. The van der Waals surface area contributed by atoms with E-state index in [2.05, 4.69) is 10.1 Å². The molecule has 0 spiro atoms. The van der Waals surface area contributed by atoms with E-state index >= 15 is 0 Å². The van der Waals surface area contributed by atoms with Gasteiger partial charge in [-0.15, -0.1) is 0 Å². The molecule has 0 bridgehead atoms. The van der Waals surface area contributed by atoms with Gasteiger partial charge in [0.05, 0.1) is 6.61 Å². The first-order valence-electron chi connectivity index (χ1n) is 5.44. The normalized spacial score (nSPS) is 10.7. The predicted molar refractivity (Wildman–Crippen MR) is 61.1 cm³/mol. The molecule has 0 saturated heterocycles. The van der Waals surface area contributed by atoms with Crippen molar-refractivity contribution in [2.24, 2.45) is 0 Å². The highest BCUT2D eigenvalue weighted by atomic mass is 16.5. The molecule has 2 aromatic rings. The molecule has 0 fully saturated rings. The first kappa shape index (κ1) is 11.4. The molecule has 17 heavy (non-hydrogen) atoms. The molecule has 0 saturated carbocycles. The Morgan fingerprint density at radius 2 is 2.29 bits per heavy atom. The maximum Gasteiger partial charge on any atom is 0.343 e. The van der Waals surface area contributed by atoms with Crippen LogP contribution in [-0.2, 0) is 11.2 Å². The lowest BCUT2D eigenvalue weighted by atomic mass is 10.2. The molecule has 2 aromatic heterocycles. The van der Waals surface area contributed by atoms with Gasteiger partial charge in [-0.05, 0) is 13.3 Å². The summed E-state index contributed by atoms with van der Waals surface area (Å²) in [7, 11) is 0. The van der Waals surface area contributed by atoms with Crippen LogP contribution in [0.15, 0.2) is 17.2 Å². The minimum Gasteiger partial charge on any atom is -0.462 e. The molecule has 0 radical (unpaired) electrons. The molecular weight excluding hydrogens is 222 g/mol. The van der Waals surface area contributed by atoms with Crippen molar-refractivity contribution in [3.05, 3.63) is 33.9 Å². The molecule has 0 aliphatic rings. The van der Waals surface area contributed by atoms with Crippen LogP contribution in [0.1, 0.15) is 29.8 Å². The van der Waals surface area contributed by atoms with Crippen LogP contribution in [0, 0.1) is 0 Å². The van der Waals surface area contributed by atoms with Gasteiger partial charge in [-0.25, -0.2) is 14.3 Å². The second kappa shape index (κ2) is 4.40. The van der Waals surface area contributed by atoms with E-state index in [4.69, 9.17) is 4.74 Å². The van der Waals surface area contributed by atoms with Crippen LogP contribution in [0.25, 0.3) is 5.65 Å². The van der Waals surface area contributed by atoms with Gasteiger partial charge < -0.3 is 4.74 Å². The summed E-state index contributed by atoms with van der Waals surface area (Å²) in [4.78, 5) is 27.6. The van der Waals surface area contributed by atoms with Crippen LogP contribution in [-0.4, -0.2) is 27.2 Å². The lowest BCUT2D eigenvalue weighted by molar-refractivity contribution is 0.0528. The van der Waals surface area contributed by atoms with E-state index in [1.807, 2.05) is 6.92 Å². The average Bonchev–Trinajstić information content (AvgIpc) is 2.74. The monoisotopic (exact) mass is 235 g/mol. The van der Waals surface area contributed by atoms with Crippen molar-refractivity contribution in [2.75, 3.05) is 6.61 Å². The number of carbonyl (C=O) groups excluding carboxylic acids is 1. The molecule has 2 rings (SSSR count). The minimum absolute atomic E-state index is 0.187. The number of rotatable bonds is 3. The van der Waals surface area contributed by atoms with E-state index in [0.29, 0.717) is 17.6 Å². The number of aromatic nitrogens is 3. The third-order valence-corrected chi connectivity index (χ3v) is 2.49. The number of nitrogens with one attached hydrogen (secondary N) is 1. The van der Waals surface area contributed by atoms with Gasteiger partial charge in [0.1, 0.15) is 5.56 Å². The van der Waals surface area contributed by atoms with Gasteiger partial charge in [-0.2, -0.15) is 0 Å². The van der Waals surface area contributed by atoms with E-state index in [1.165, 1.54) is 16.9 Å². The zero-order valence-corrected chi connectivity index (χ0v) is 9.69. The second-order valence-electron chi connectivity index (χ2n) is 3.51. The van der Waals surface area contributed by atoms with Crippen molar-refractivity contribution in [2.45, 2.75) is 20.3 Å². The standard InChI is InChI=1S/C11H13N3O3/c1-3-7-5-12-9-8(11(16)17-4-2)6-13-14(9)10(7)15/h5-6,13H,3-4H2,1-2H3. The third-order valence-electron chi connectivity index (χ3n) is 2.49. The topological polar surface area (TPSA) is 76.5 Å². The molecule has 6 nitrogen and oxygen atoms in total. The number of aryl methyl sites for hydroxylation is 1. The highest BCUT2D eigenvalue weighted by molar-refractivity contribution is 5.95. The van der Waals surface area contributed by atoms with E-state index in [0.717, 1.165) is 0 Å². The van der Waals surface area contributed by atoms with Gasteiger partial charge in [0, 0.05) is 18.0 Å². The summed E-state index contributed by atoms with van der Waals surface area (Å²) in [6.07, 6.45) is 3.53. The Morgan fingerprint density at radius 3 is 2.94 bits per heavy atom. The number of hydrogen-bond acceptors (Lipinski definition) is 4. The molecule has 0 amide bonds. The number of fused-ring (bicyclic) bond motifs is 1. The molecule has 0 unspecified atom stereocenters. The summed E-state index contributed by atoms with van der Waals surface area (Å²) >= 11 is 0. The van der Waals surface area contributed by atoms with Gasteiger partial charge in [0.15, 0.2) is 5.65 Å². The van der Waals surface area contributed by atoms with E-state index in [1.54, 1.807) is 6.92 Å². The lowest BCUT2D eigenvalue weighted by Gasteiger charge is -2.00. The van der Waals surface area contributed by atoms with Gasteiger partial charge in [0.2, 0.25) is 0 Å². The van der Waals surface area contributed by atoms with Crippen molar-refractivity contribution >= 4 is 11.6 Å². The Morgan fingerprint density at radius 1 is 1.53 bits per heavy atom. The summed E-state index contributed by atoms with van der Waals surface area (Å²) in [6.45, 7) is 3.88. The van der Waals surface area contributed by atoms with E-state index < -0.39 is 5.97 Å². The second-order valence-corrected chi connectivity index (χ2v) is 3.51. The Bertz CT molecular complexity index is 612. The van der Waals surface area contributed by atoms with Gasteiger partial charge in [0.25, 0.3) is 5.56 Å². The summed E-state index contributed by atoms with van der Waals surface area (Å²) in [5, 5.41) is 2.71. The number of esters is 1. The summed E-state index contributed by atoms with van der Waals surface area (Å²) in [5.74, 6) is -0.484. The Balaban J connectivity index is 2.60. The summed E-state index contributed by atoms with van der Waals surface area (Å²) in [6, 6.07) is 0. The number of ether oxygens (including phenoxy) is 1. The van der Waals surface area contributed by atoms with Crippen LogP contribution in [0.4, 0.5) is 0 Å². The molecule has 2 heterocycles. The van der Waals surface area contributed by atoms with Gasteiger partial charge in [-0.1, -0.05) is 6.92 Å². The first-order valence-corrected chi connectivity index (χ1v) is 5.44. The molecule has 0 atom stereocenters. The quantitative estimate of drug-likeness (QED) is 0.797. The van der Waals surface area contributed by atoms with Crippen LogP contribution in [0.5, 0.6) is 0 Å². The fraction of sp³-hybridized carbons (Fsp3) is 0.364. The number of aromatic amines is 1. The Kier molecular flexibility index (Phi) is 2.95. The zero-order valence-electron chi connectivity index (χ0n) is 9.69. The minimum atomic E-state index is -0.484. The molecule has 1 N–H and O–H groups in total. The lowest BCUT2D eigenvalue weighted by Crippen LogP contribution is -2.19. The van der Waals surface area contributed by atoms with Crippen LogP contribution in [0.3, 0.4) is 0 Å². The van der Waals surface area contributed by atoms with Crippen molar-refractivity contribution in [3.8, 4) is 0 Å². The maximum absolute atomic E-state index is 11.9. The average molecular weight is 235 g/mol. The van der Waals surface area contributed by atoms with Crippen LogP contribution < -0.4 is 5.56 Å². The highest BCUT2D eigenvalue weighted by Crippen LogP contribution is 2.07. The van der Waals surface area contributed by atoms with E-state index in [9.17, 15) is 9.59 Å². The smallest absolute Gasteiger partial charge is 0.343 e. The maximum atomic E-state index is 11.9. The van der Waals surface area contributed by atoms with E-state index in [-0.39, 0.29) is 17.7 Å². The Labute approximate surface area is 97.2 Å². The molecular formula is C11H13N3O3.